The van der Waals surface area contributed by atoms with Gasteiger partial charge in [0.15, 0.2) is 0 Å². The van der Waals surface area contributed by atoms with E-state index in [2.05, 4.69) is 11.7 Å². The summed E-state index contributed by atoms with van der Waals surface area (Å²) in [5.41, 5.74) is 11.4. The molecule has 0 aliphatic rings. The van der Waals surface area contributed by atoms with Crippen LogP contribution in [0, 0.1) is 0 Å². The Morgan fingerprint density at radius 1 is 1.04 bits per heavy atom. The minimum atomic E-state index is -0.682. The van der Waals surface area contributed by atoms with E-state index in [-0.39, 0.29) is 43.2 Å². The van der Waals surface area contributed by atoms with Gasteiger partial charge in [0.1, 0.15) is 0 Å². The second-order valence-electron chi connectivity index (χ2n) is 6.43. The van der Waals surface area contributed by atoms with E-state index in [0.29, 0.717) is 19.4 Å². The number of primary amides is 1. The molecule has 0 aromatic rings. The number of carbonyl (C=O) groups is 3. The number of ether oxygens (including phenoxy) is 1. The van der Waals surface area contributed by atoms with Gasteiger partial charge in [-0.25, -0.2) is 0 Å². The van der Waals surface area contributed by atoms with E-state index in [1.807, 2.05) is 6.92 Å². The van der Waals surface area contributed by atoms with Gasteiger partial charge in [-0.1, -0.05) is 33.1 Å². The summed E-state index contributed by atoms with van der Waals surface area (Å²) in [7, 11) is 1.34. The van der Waals surface area contributed by atoms with E-state index in [9.17, 15) is 14.4 Å². The summed E-state index contributed by atoms with van der Waals surface area (Å²) in [4.78, 5) is 37.1. The van der Waals surface area contributed by atoms with Gasteiger partial charge >= 0.3 is 5.97 Å². The van der Waals surface area contributed by atoms with E-state index in [1.54, 1.807) is 4.90 Å². The molecule has 0 fully saturated rings. The fraction of sp³-hybridized carbons (Fsp3) is 0.833. The number of rotatable bonds is 14. The van der Waals surface area contributed by atoms with Crippen LogP contribution in [-0.4, -0.2) is 48.4 Å². The number of unbranched alkanes of at least 4 members (excludes halogenated alkanes) is 2. The van der Waals surface area contributed by atoms with Crippen molar-refractivity contribution in [3.8, 4) is 0 Å². The average Bonchev–Trinajstić information content (AvgIpc) is 2.58. The van der Waals surface area contributed by atoms with Crippen LogP contribution in [0.4, 0.5) is 0 Å². The van der Waals surface area contributed by atoms with Crippen LogP contribution in [0.5, 0.6) is 0 Å². The number of nitrogens with zero attached hydrogens (tertiary/aromatic N) is 1. The molecule has 0 saturated heterocycles. The Kier molecular flexibility index (Phi) is 16.4. The van der Waals surface area contributed by atoms with Crippen molar-refractivity contribution in [2.45, 2.75) is 83.7 Å². The van der Waals surface area contributed by atoms with Crippen molar-refractivity contribution in [1.29, 1.82) is 0 Å². The lowest BCUT2D eigenvalue weighted by molar-refractivity contribution is -0.141. The molecule has 154 valence electrons. The zero-order valence-corrected chi connectivity index (χ0v) is 17.2. The molecule has 4 N–H and O–H groups in total. The zero-order chi connectivity index (χ0) is 19.2. The molecule has 8 heteroatoms. The maximum absolute atomic E-state index is 12.8. The molecule has 7 nitrogen and oxygen atoms in total. The highest BCUT2D eigenvalue weighted by atomic mass is 35.5. The van der Waals surface area contributed by atoms with Crippen LogP contribution < -0.4 is 11.5 Å². The standard InChI is InChI=1S/C18H35N3O4.ClH/c1-4-6-9-14(13-16(20)22)21(12-7-5-2)18(24)15(19)10-8-11-17(23)25-3;/h14-15H,4-13,19H2,1-3H3,(H2,20,22);1H/t14-,15-;/m0./s1. The minimum Gasteiger partial charge on any atom is -0.469 e. The highest BCUT2D eigenvalue weighted by molar-refractivity contribution is 5.85. The molecule has 0 bridgehead atoms. The van der Waals surface area contributed by atoms with E-state index in [0.717, 1.165) is 32.1 Å². The van der Waals surface area contributed by atoms with Crippen LogP contribution in [0.25, 0.3) is 0 Å². The first-order valence-corrected chi connectivity index (χ1v) is 9.28. The lowest BCUT2D eigenvalue weighted by atomic mass is 10.0. The first-order chi connectivity index (χ1) is 11.9. The molecule has 0 spiro atoms. The van der Waals surface area contributed by atoms with Gasteiger partial charge in [0.2, 0.25) is 11.8 Å². The van der Waals surface area contributed by atoms with E-state index < -0.39 is 11.9 Å². The Labute approximate surface area is 163 Å². The van der Waals surface area contributed by atoms with Crippen LogP contribution in [0.1, 0.15) is 71.6 Å². The SMILES string of the molecule is CCCC[C@@H](CC(N)=O)N(CCCC)C(=O)[C@@H](N)CCCC(=O)OC.Cl. The van der Waals surface area contributed by atoms with Crippen molar-refractivity contribution in [2.24, 2.45) is 11.5 Å². The number of hydrogen-bond donors (Lipinski definition) is 2. The Morgan fingerprint density at radius 2 is 1.65 bits per heavy atom. The number of carbonyl (C=O) groups excluding carboxylic acids is 3. The Balaban J connectivity index is 0. The molecule has 0 aliphatic carbocycles. The van der Waals surface area contributed by atoms with Crippen LogP contribution in [-0.2, 0) is 19.1 Å². The van der Waals surface area contributed by atoms with Gasteiger partial charge in [0.05, 0.1) is 13.2 Å². The second-order valence-corrected chi connectivity index (χ2v) is 6.43. The third kappa shape index (κ3) is 11.3. The van der Waals surface area contributed by atoms with Gasteiger partial charge < -0.3 is 21.1 Å². The lowest BCUT2D eigenvalue weighted by Crippen LogP contribution is -2.50. The molecule has 0 rings (SSSR count). The lowest BCUT2D eigenvalue weighted by Gasteiger charge is -2.33. The molecule has 0 aromatic carbocycles. The molecule has 26 heavy (non-hydrogen) atoms. The summed E-state index contributed by atoms with van der Waals surface area (Å²) in [6.07, 6.45) is 5.74. The first-order valence-electron chi connectivity index (χ1n) is 9.28. The normalized spacial score (nSPS) is 12.6. The number of halogens is 1. The third-order valence-electron chi connectivity index (χ3n) is 4.25. The second kappa shape index (κ2) is 15.9. The summed E-state index contributed by atoms with van der Waals surface area (Å²) < 4.78 is 4.59. The fourth-order valence-electron chi connectivity index (χ4n) is 2.75. The Morgan fingerprint density at radius 3 is 2.15 bits per heavy atom. The summed E-state index contributed by atoms with van der Waals surface area (Å²) in [6, 6.07) is -0.887. The molecule has 0 unspecified atom stereocenters. The van der Waals surface area contributed by atoms with Gasteiger partial charge in [-0.15, -0.1) is 12.4 Å². The molecule has 0 aromatic heterocycles. The monoisotopic (exact) mass is 393 g/mol. The van der Waals surface area contributed by atoms with Crippen LogP contribution in [0.3, 0.4) is 0 Å². The fourth-order valence-corrected chi connectivity index (χ4v) is 2.75. The van der Waals surface area contributed by atoms with E-state index in [4.69, 9.17) is 11.5 Å². The topological polar surface area (TPSA) is 116 Å². The molecule has 2 amide bonds. The smallest absolute Gasteiger partial charge is 0.305 e. The van der Waals surface area contributed by atoms with Crippen molar-refractivity contribution in [2.75, 3.05) is 13.7 Å². The largest absolute Gasteiger partial charge is 0.469 e. The summed E-state index contributed by atoms with van der Waals surface area (Å²) in [6.45, 7) is 4.69. The van der Waals surface area contributed by atoms with Crippen molar-refractivity contribution in [3.63, 3.8) is 0 Å². The van der Waals surface area contributed by atoms with Gasteiger partial charge in [-0.2, -0.15) is 0 Å². The Bertz CT molecular complexity index is 421. The first kappa shape index (κ1) is 26.9. The van der Waals surface area contributed by atoms with Crippen molar-refractivity contribution in [3.05, 3.63) is 0 Å². The molecule has 2 atom stereocenters. The predicted molar refractivity (Wildman–Crippen MR) is 105 cm³/mol. The number of hydrogen-bond acceptors (Lipinski definition) is 5. The highest BCUT2D eigenvalue weighted by Gasteiger charge is 2.28. The van der Waals surface area contributed by atoms with E-state index in [1.165, 1.54) is 7.11 Å². The molecule has 0 saturated carbocycles. The number of esters is 1. The summed E-state index contributed by atoms with van der Waals surface area (Å²) >= 11 is 0. The van der Waals surface area contributed by atoms with Crippen LogP contribution in [0.2, 0.25) is 0 Å². The average molecular weight is 394 g/mol. The highest BCUT2D eigenvalue weighted by Crippen LogP contribution is 2.16. The van der Waals surface area contributed by atoms with Gasteiger partial charge in [0.25, 0.3) is 0 Å². The minimum absolute atomic E-state index is 0. The van der Waals surface area contributed by atoms with Crippen LogP contribution >= 0.6 is 12.4 Å². The maximum atomic E-state index is 12.8. The molecule has 0 heterocycles. The number of methoxy groups -OCH3 is 1. The molecular formula is C18H36ClN3O4. The van der Waals surface area contributed by atoms with Crippen molar-refractivity contribution in [1.82, 2.24) is 4.90 Å². The van der Waals surface area contributed by atoms with Crippen LogP contribution in [0.15, 0.2) is 0 Å². The summed E-state index contributed by atoms with van der Waals surface area (Å²) in [5, 5.41) is 0. The van der Waals surface area contributed by atoms with Gasteiger partial charge in [-0.05, 0) is 25.7 Å². The zero-order valence-electron chi connectivity index (χ0n) is 16.4. The van der Waals surface area contributed by atoms with Crippen molar-refractivity contribution >= 4 is 30.2 Å². The summed E-state index contributed by atoms with van der Waals surface area (Å²) in [5.74, 6) is -0.882. The molecule has 0 radical (unpaired) electrons. The Hall–Kier alpha value is -1.34. The van der Waals surface area contributed by atoms with Gasteiger partial charge in [-0.3, -0.25) is 14.4 Å². The van der Waals surface area contributed by atoms with E-state index >= 15 is 0 Å². The van der Waals surface area contributed by atoms with Crippen molar-refractivity contribution < 1.29 is 19.1 Å². The maximum Gasteiger partial charge on any atom is 0.305 e. The van der Waals surface area contributed by atoms with Gasteiger partial charge in [0, 0.05) is 25.4 Å². The predicted octanol–water partition coefficient (Wildman–Crippen LogP) is 2.14. The number of amides is 2. The third-order valence-corrected chi connectivity index (χ3v) is 4.25. The quantitative estimate of drug-likeness (QED) is 0.438. The molecule has 0 aliphatic heterocycles. The molecular weight excluding hydrogens is 358 g/mol. The number of nitrogens with two attached hydrogens (primary N) is 2.